The van der Waals surface area contributed by atoms with Gasteiger partial charge in [0.15, 0.2) is 5.82 Å². The van der Waals surface area contributed by atoms with Crippen molar-refractivity contribution in [3.05, 3.63) is 42.0 Å². The van der Waals surface area contributed by atoms with E-state index in [-0.39, 0.29) is 0 Å². The lowest BCUT2D eigenvalue weighted by molar-refractivity contribution is 0.300. The summed E-state index contributed by atoms with van der Waals surface area (Å²) in [5, 5.41) is 0. The first-order valence-electron chi connectivity index (χ1n) is 12.6. The van der Waals surface area contributed by atoms with E-state index in [9.17, 15) is 0 Å². The first-order valence-corrected chi connectivity index (χ1v) is 12.6. The van der Waals surface area contributed by atoms with Gasteiger partial charge in [0, 0.05) is 35.8 Å². The van der Waals surface area contributed by atoms with E-state index >= 15 is 0 Å². The Morgan fingerprint density at radius 1 is 0.733 bits per heavy atom. The number of nitrogens with zero attached hydrogens (tertiary/aromatic N) is 3. The number of unbranched alkanes of at least 4 members (excludes halogenated alkanes) is 6. The molecule has 1 aliphatic carbocycles. The van der Waals surface area contributed by atoms with Crippen molar-refractivity contribution in [2.45, 2.75) is 110 Å². The van der Waals surface area contributed by atoms with Crippen molar-refractivity contribution in [1.29, 1.82) is 0 Å². The van der Waals surface area contributed by atoms with Gasteiger partial charge in [0.05, 0.1) is 0 Å². The van der Waals surface area contributed by atoms with Crippen LogP contribution >= 0.6 is 0 Å². The van der Waals surface area contributed by atoms with Crippen LogP contribution < -0.4 is 0 Å². The van der Waals surface area contributed by atoms with Crippen LogP contribution in [0.1, 0.15) is 114 Å². The molecular weight excluding hydrogens is 366 g/mol. The molecule has 3 heteroatoms. The maximum Gasteiger partial charge on any atom is 0.160 e. The standard InChI is InChI=1S/C27H41N3/c1-3-5-7-8-10-12-23-19-29-27(30-20-23)25-17-18-26(28-21-25)24-15-13-22(14-16-24)11-9-6-4-2/h17-22,24H,3-16H2,1-2H3. The molecule has 0 amide bonds. The number of hydrogen-bond donors (Lipinski definition) is 0. The highest BCUT2D eigenvalue weighted by Crippen LogP contribution is 2.37. The van der Waals surface area contributed by atoms with Gasteiger partial charge in [-0.05, 0) is 62.1 Å². The Hall–Kier alpha value is -1.77. The summed E-state index contributed by atoms with van der Waals surface area (Å²) in [6.45, 7) is 4.55. The Morgan fingerprint density at radius 2 is 1.43 bits per heavy atom. The van der Waals surface area contributed by atoms with Gasteiger partial charge in [0.2, 0.25) is 0 Å². The molecule has 0 spiro atoms. The first-order chi connectivity index (χ1) is 14.8. The normalized spacial score (nSPS) is 19.1. The van der Waals surface area contributed by atoms with Gasteiger partial charge in [-0.2, -0.15) is 0 Å². The number of hydrogen-bond acceptors (Lipinski definition) is 3. The van der Waals surface area contributed by atoms with Crippen LogP contribution in [0, 0.1) is 5.92 Å². The summed E-state index contributed by atoms with van der Waals surface area (Å²) in [5.41, 5.74) is 3.53. The van der Waals surface area contributed by atoms with E-state index in [2.05, 4.69) is 35.9 Å². The van der Waals surface area contributed by atoms with E-state index in [0.29, 0.717) is 5.92 Å². The minimum absolute atomic E-state index is 0.637. The van der Waals surface area contributed by atoms with Crippen LogP contribution in [0.25, 0.3) is 11.4 Å². The van der Waals surface area contributed by atoms with Crippen LogP contribution in [-0.2, 0) is 6.42 Å². The number of pyridine rings is 1. The van der Waals surface area contributed by atoms with Crippen LogP contribution in [0.3, 0.4) is 0 Å². The molecule has 3 rings (SSSR count). The Balaban J connectivity index is 1.46. The number of rotatable bonds is 12. The van der Waals surface area contributed by atoms with E-state index in [1.165, 1.54) is 94.7 Å². The quantitative estimate of drug-likeness (QED) is 0.335. The molecule has 0 unspecified atom stereocenters. The minimum atomic E-state index is 0.637. The van der Waals surface area contributed by atoms with Gasteiger partial charge in [-0.3, -0.25) is 4.98 Å². The fraction of sp³-hybridized carbons (Fsp3) is 0.667. The summed E-state index contributed by atoms with van der Waals surface area (Å²) in [6, 6.07) is 4.37. The second kappa shape index (κ2) is 12.8. The van der Waals surface area contributed by atoms with Crippen molar-refractivity contribution in [2.75, 3.05) is 0 Å². The van der Waals surface area contributed by atoms with Crippen molar-refractivity contribution >= 4 is 0 Å². The summed E-state index contributed by atoms with van der Waals surface area (Å²) in [6.07, 6.45) is 24.5. The molecule has 1 saturated carbocycles. The molecule has 2 aromatic heterocycles. The molecule has 0 bridgehead atoms. The maximum absolute atomic E-state index is 4.80. The molecule has 1 fully saturated rings. The van der Waals surface area contributed by atoms with Gasteiger partial charge < -0.3 is 0 Å². The van der Waals surface area contributed by atoms with E-state index in [1.807, 2.05) is 18.6 Å². The fourth-order valence-corrected chi connectivity index (χ4v) is 4.77. The third kappa shape index (κ3) is 7.18. The Bertz CT molecular complexity index is 700. The molecule has 0 radical (unpaired) electrons. The molecule has 0 saturated heterocycles. The van der Waals surface area contributed by atoms with E-state index in [0.717, 1.165) is 23.7 Å². The average molecular weight is 408 g/mol. The average Bonchev–Trinajstić information content (AvgIpc) is 2.80. The van der Waals surface area contributed by atoms with Crippen LogP contribution in [0.15, 0.2) is 30.7 Å². The molecule has 0 aromatic carbocycles. The monoisotopic (exact) mass is 407 g/mol. The maximum atomic E-state index is 4.80. The highest BCUT2D eigenvalue weighted by atomic mass is 14.9. The zero-order valence-corrected chi connectivity index (χ0v) is 19.3. The van der Waals surface area contributed by atoms with Crippen LogP contribution in [0.5, 0.6) is 0 Å². The molecule has 3 nitrogen and oxygen atoms in total. The lowest BCUT2D eigenvalue weighted by Gasteiger charge is -2.28. The summed E-state index contributed by atoms with van der Waals surface area (Å²) >= 11 is 0. The zero-order valence-electron chi connectivity index (χ0n) is 19.3. The molecule has 2 aromatic rings. The predicted octanol–water partition coefficient (Wildman–Crippen LogP) is 7.91. The van der Waals surface area contributed by atoms with Crippen molar-refractivity contribution in [2.24, 2.45) is 5.92 Å². The second-order valence-corrected chi connectivity index (χ2v) is 9.26. The molecule has 30 heavy (non-hydrogen) atoms. The zero-order chi connectivity index (χ0) is 21.0. The molecule has 2 heterocycles. The third-order valence-corrected chi connectivity index (χ3v) is 6.80. The Kier molecular flexibility index (Phi) is 9.79. The van der Waals surface area contributed by atoms with Gasteiger partial charge in [0.25, 0.3) is 0 Å². The Morgan fingerprint density at radius 3 is 2.10 bits per heavy atom. The molecule has 0 N–H and O–H groups in total. The Labute approximate surface area is 184 Å². The van der Waals surface area contributed by atoms with Gasteiger partial charge in [-0.15, -0.1) is 0 Å². The molecule has 164 valence electrons. The summed E-state index contributed by atoms with van der Waals surface area (Å²) < 4.78 is 0. The lowest BCUT2D eigenvalue weighted by atomic mass is 9.78. The van der Waals surface area contributed by atoms with Crippen molar-refractivity contribution in [3.8, 4) is 11.4 Å². The SMILES string of the molecule is CCCCCCCc1cnc(-c2ccc(C3CCC(CCCCC)CC3)nc2)nc1. The molecule has 1 aliphatic rings. The summed E-state index contributed by atoms with van der Waals surface area (Å²) in [5.74, 6) is 2.38. The van der Waals surface area contributed by atoms with Gasteiger partial charge in [0.1, 0.15) is 0 Å². The highest BCUT2D eigenvalue weighted by Gasteiger charge is 2.23. The highest BCUT2D eigenvalue weighted by molar-refractivity contribution is 5.53. The van der Waals surface area contributed by atoms with Crippen molar-refractivity contribution < 1.29 is 0 Å². The van der Waals surface area contributed by atoms with Crippen LogP contribution in [-0.4, -0.2) is 15.0 Å². The molecule has 0 aliphatic heterocycles. The van der Waals surface area contributed by atoms with Crippen LogP contribution in [0.4, 0.5) is 0 Å². The van der Waals surface area contributed by atoms with E-state index in [1.54, 1.807) is 0 Å². The topological polar surface area (TPSA) is 38.7 Å². The largest absolute Gasteiger partial charge is 0.260 e. The van der Waals surface area contributed by atoms with Crippen LogP contribution in [0.2, 0.25) is 0 Å². The van der Waals surface area contributed by atoms with Crippen molar-refractivity contribution in [3.63, 3.8) is 0 Å². The number of aromatic nitrogens is 3. The second-order valence-electron chi connectivity index (χ2n) is 9.26. The molecule has 0 atom stereocenters. The molecular formula is C27H41N3. The van der Waals surface area contributed by atoms with E-state index < -0.39 is 0 Å². The summed E-state index contributed by atoms with van der Waals surface area (Å²) in [4.78, 5) is 14.0. The minimum Gasteiger partial charge on any atom is -0.260 e. The van der Waals surface area contributed by atoms with Gasteiger partial charge >= 0.3 is 0 Å². The fourth-order valence-electron chi connectivity index (χ4n) is 4.77. The predicted molar refractivity (Wildman–Crippen MR) is 127 cm³/mol. The first kappa shape index (κ1) is 22.9. The van der Waals surface area contributed by atoms with E-state index in [4.69, 9.17) is 4.98 Å². The van der Waals surface area contributed by atoms with Gasteiger partial charge in [-0.1, -0.05) is 65.2 Å². The lowest BCUT2D eigenvalue weighted by Crippen LogP contribution is -2.14. The van der Waals surface area contributed by atoms with Crippen molar-refractivity contribution in [1.82, 2.24) is 15.0 Å². The summed E-state index contributed by atoms with van der Waals surface area (Å²) in [7, 11) is 0. The third-order valence-electron chi connectivity index (χ3n) is 6.80. The smallest absolute Gasteiger partial charge is 0.160 e. The number of aryl methyl sites for hydroxylation is 1. The van der Waals surface area contributed by atoms with Gasteiger partial charge in [-0.25, -0.2) is 9.97 Å².